The third-order valence-electron chi connectivity index (χ3n) is 17.5. The molecule has 0 atom stereocenters. The van der Waals surface area contributed by atoms with Gasteiger partial charge < -0.3 is 9.13 Å². The van der Waals surface area contributed by atoms with Crippen LogP contribution in [-0.2, 0) is 6.18 Å². The van der Waals surface area contributed by atoms with Gasteiger partial charge in [0.05, 0.1) is 61.8 Å². The van der Waals surface area contributed by atoms with E-state index in [9.17, 15) is 5.26 Å². The minimum atomic E-state index is -4.76. The second-order valence-electron chi connectivity index (χ2n) is 22.8. The van der Waals surface area contributed by atoms with Crippen molar-refractivity contribution in [2.24, 2.45) is 0 Å². The maximum Gasteiger partial charge on any atom is 0.417 e. The second-order valence-corrected chi connectivity index (χ2v) is 22.8. The van der Waals surface area contributed by atoms with E-state index in [4.69, 9.17) is 19.9 Å². The highest BCUT2D eigenvalue weighted by Crippen LogP contribution is 2.47. The smallest absolute Gasteiger partial charge is 0.308 e. The summed E-state index contributed by atoms with van der Waals surface area (Å²) in [6.07, 6.45) is 2.68. The number of rotatable bonds is 11. The Morgan fingerprint density at radius 1 is 0.293 bits per heavy atom. The Bertz CT molecular complexity index is 5230. The molecule has 0 aliphatic heterocycles. The van der Waals surface area contributed by atoms with Gasteiger partial charge >= 0.3 is 6.18 Å². The first-order valence-corrected chi connectivity index (χ1v) is 30.2. The number of nitrogens with zero attached hydrogens (tertiary/aromatic N) is 7. The molecule has 0 unspecified atom stereocenters. The number of pyridine rings is 4. The zero-order valence-corrected chi connectivity index (χ0v) is 49.1. The van der Waals surface area contributed by atoms with Gasteiger partial charge in [0.15, 0.2) is 0 Å². The molecule has 0 aliphatic rings. The van der Waals surface area contributed by atoms with Crippen molar-refractivity contribution in [3.8, 4) is 118 Å². The van der Waals surface area contributed by atoms with Crippen LogP contribution >= 0.6 is 0 Å². The monoisotopic (exact) mass is 1190 g/mol. The van der Waals surface area contributed by atoms with Crippen LogP contribution in [0.15, 0.2) is 304 Å². The summed E-state index contributed by atoms with van der Waals surface area (Å²) in [5.41, 5.74) is 17.1. The van der Waals surface area contributed by atoms with Gasteiger partial charge in [-0.25, -0.2) is 0 Å². The van der Waals surface area contributed by atoms with Gasteiger partial charge in [0.25, 0.3) is 0 Å². The van der Waals surface area contributed by atoms with Gasteiger partial charge in [0, 0.05) is 96.4 Å². The average Bonchev–Trinajstić information content (AvgIpc) is 1.54. The van der Waals surface area contributed by atoms with Gasteiger partial charge in [0.1, 0.15) is 11.6 Å². The van der Waals surface area contributed by atoms with E-state index in [0.717, 1.165) is 128 Å². The summed E-state index contributed by atoms with van der Waals surface area (Å²) < 4.78 is 51.4. The van der Waals surface area contributed by atoms with Gasteiger partial charge in [-0.3, -0.25) is 19.9 Å². The van der Waals surface area contributed by atoms with E-state index < -0.39 is 11.7 Å². The normalized spacial score (nSPS) is 11.6. The lowest BCUT2D eigenvalue weighted by molar-refractivity contribution is -0.137. The number of hydrogen-bond acceptors (Lipinski definition) is 5. The number of benzene rings is 10. The molecular formula is C82H50F3N7. The minimum Gasteiger partial charge on any atom is -0.308 e. The molecule has 0 spiro atoms. The van der Waals surface area contributed by atoms with Crippen LogP contribution in [0.1, 0.15) is 11.1 Å². The van der Waals surface area contributed by atoms with Crippen molar-refractivity contribution in [2.45, 2.75) is 6.18 Å². The van der Waals surface area contributed by atoms with Gasteiger partial charge in [-0.15, -0.1) is 0 Å². The highest BCUT2D eigenvalue weighted by atomic mass is 19.4. The molecule has 0 amide bonds. The number of halogens is 3. The van der Waals surface area contributed by atoms with Crippen molar-refractivity contribution in [3.05, 3.63) is 315 Å². The number of hydrogen-bond donors (Lipinski definition) is 0. The molecule has 16 rings (SSSR count). The van der Waals surface area contributed by atoms with Gasteiger partial charge in [0.2, 0.25) is 0 Å². The summed E-state index contributed by atoms with van der Waals surface area (Å²) >= 11 is 0. The quantitative estimate of drug-likeness (QED) is 0.129. The molecule has 434 valence electrons. The van der Waals surface area contributed by atoms with Crippen LogP contribution in [-0.4, -0.2) is 29.1 Å². The fraction of sp³-hybridized carbons (Fsp3) is 0.0122. The first-order chi connectivity index (χ1) is 45.2. The molecule has 10 aromatic carbocycles. The molecule has 0 saturated carbocycles. The third kappa shape index (κ3) is 9.82. The van der Waals surface area contributed by atoms with Crippen molar-refractivity contribution in [1.29, 1.82) is 5.26 Å². The first kappa shape index (κ1) is 55.0. The summed E-state index contributed by atoms with van der Waals surface area (Å²) in [7, 11) is 0. The lowest BCUT2D eigenvalue weighted by atomic mass is 9.94. The number of alkyl halides is 3. The van der Waals surface area contributed by atoms with Crippen LogP contribution in [0.25, 0.3) is 156 Å². The molecule has 0 saturated heterocycles. The molecule has 0 N–H and O–H groups in total. The zero-order valence-electron chi connectivity index (χ0n) is 49.1. The Morgan fingerprint density at radius 3 is 0.924 bits per heavy atom. The summed E-state index contributed by atoms with van der Waals surface area (Å²) in [4.78, 5) is 19.7. The lowest BCUT2D eigenvalue weighted by Crippen LogP contribution is -2.10. The maximum absolute atomic E-state index is 15.8. The van der Waals surface area contributed by atoms with Crippen LogP contribution in [0.3, 0.4) is 0 Å². The Labute approximate surface area is 527 Å². The Hall–Kier alpha value is -12.3. The van der Waals surface area contributed by atoms with E-state index in [2.05, 4.69) is 95.6 Å². The molecule has 0 bridgehead atoms. The van der Waals surface area contributed by atoms with E-state index in [0.29, 0.717) is 16.7 Å². The fourth-order valence-electron chi connectivity index (χ4n) is 12.9. The molecule has 6 aromatic heterocycles. The highest BCUT2D eigenvalue weighted by molar-refractivity contribution is 6.14. The Morgan fingerprint density at radius 2 is 0.609 bits per heavy atom. The topological polar surface area (TPSA) is 85.2 Å². The average molecular weight is 1190 g/mol. The molecular weight excluding hydrogens is 1140 g/mol. The van der Waals surface area contributed by atoms with E-state index in [1.54, 1.807) is 18.2 Å². The van der Waals surface area contributed by atoms with Crippen molar-refractivity contribution >= 4 is 43.6 Å². The highest BCUT2D eigenvalue weighted by Gasteiger charge is 2.35. The van der Waals surface area contributed by atoms with Crippen molar-refractivity contribution in [1.82, 2.24) is 29.1 Å². The molecule has 6 heterocycles. The van der Waals surface area contributed by atoms with E-state index in [1.165, 1.54) is 12.1 Å². The van der Waals surface area contributed by atoms with Crippen molar-refractivity contribution in [3.63, 3.8) is 0 Å². The molecule has 16 aromatic rings. The molecule has 7 nitrogen and oxygen atoms in total. The summed E-state index contributed by atoms with van der Waals surface area (Å²) in [6, 6.07) is 93.0. The van der Waals surface area contributed by atoms with Crippen molar-refractivity contribution in [2.75, 3.05) is 0 Å². The summed E-state index contributed by atoms with van der Waals surface area (Å²) in [6.45, 7) is 0. The minimum absolute atomic E-state index is 0.0774. The van der Waals surface area contributed by atoms with Crippen LogP contribution in [0, 0.1) is 11.3 Å². The predicted octanol–water partition coefficient (Wildman–Crippen LogP) is 21.4. The Balaban J connectivity index is 0.976. The van der Waals surface area contributed by atoms with Crippen LogP contribution in [0.4, 0.5) is 13.2 Å². The standard InChI is InChI=1S/C82H50F3N7/c83-82(84,85)71-24-14-13-23-64(71)69-37-42-76(91-77-43-56(60-29-38-72(87-48-60)52-15-5-1-6-16-52)25-33-65(77)66-34-26-57(44-78(66)91)61-30-39-73(88-49-61)53-17-7-2-8-18-53)70(47-86)81(69)92-79-45-58(62-31-40-74(89-50-62)54-19-9-3-10-20-54)27-35-67(79)68-36-28-59(46-80(68)92)63-32-41-75(90-51-63)55-21-11-4-12-22-55/h1-46,48-51H. The number of nitriles is 1. The SMILES string of the molecule is N#Cc1c(-n2c3cc(-c4ccc(-c5ccccc5)nc4)ccc3c3ccc(-c4ccc(-c5ccccc5)nc4)cc32)ccc(-c2ccccc2C(F)(F)F)c1-n1c2cc(-c3ccc(-c4ccccc4)nc3)ccc2c2ccc(-c3ccc(-c4ccccc4)nc3)cc21. The first-order valence-electron chi connectivity index (χ1n) is 30.2. The van der Waals surface area contributed by atoms with Gasteiger partial charge in [-0.05, 0) is 88.5 Å². The maximum atomic E-state index is 15.8. The molecule has 0 aliphatic carbocycles. The van der Waals surface area contributed by atoms with Crippen LogP contribution < -0.4 is 0 Å². The molecule has 0 radical (unpaired) electrons. The lowest BCUT2D eigenvalue weighted by Gasteiger charge is -2.22. The number of fused-ring (bicyclic) bond motifs is 6. The summed E-state index contributed by atoms with van der Waals surface area (Å²) in [5.74, 6) is 0. The predicted molar refractivity (Wildman–Crippen MR) is 365 cm³/mol. The largest absolute Gasteiger partial charge is 0.417 e. The van der Waals surface area contributed by atoms with Crippen molar-refractivity contribution < 1.29 is 13.2 Å². The zero-order chi connectivity index (χ0) is 61.9. The fourth-order valence-corrected chi connectivity index (χ4v) is 12.9. The molecule has 10 heteroatoms. The molecule has 0 fully saturated rings. The van der Waals surface area contributed by atoms with E-state index in [1.807, 2.05) is 187 Å². The third-order valence-corrected chi connectivity index (χ3v) is 17.5. The van der Waals surface area contributed by atoms with Gasteiger partial charge in [-0.1, -0.05) is 218 Å². The van der Waals surface area contributed by atoms with E-state index >= 15 is 13.2 Å². The summed E-state index contributed by atoms with van der Waals surface area (Å²) in [5, 5.41) is 15.8. The Kier molecular flexibility index (Phi) is 13.6. The molecule has 92 heavy (non-hydrogen) atoms. The van der Waals surface area contributed by atoms with E-state index in [-0.39, 0.29) is 22.4 Å². The van der Waals surface area contributed by atoms with Crippen LogP contribution in [0.2, 0.25) is 0 Å². The van der Waals surface area contributed by atoms with Crippen LogP contribution in [0.5, 0.6) is 0 Å². The van der Waals surface area contributed by atoms with Gasteiger partial charge in [-0.2, -0.15) is 18.4 Å². The number of aromatic nitrogens is 6. The second kappa shape index (κ2) is 22.7.